The summed E-state index contributed by atoms with van der Waals surface area (Å²) in [7, 11) is 0. The van der Waals surface area contributed by atoms with E-state index in [0.717, 1.165) is 83.5 Å². The molecule has 3 N–H and O–H groups in total. The second-order valence-corrected chi connectivity index (χ2v) is 16.8. The van der Waals surface area contributed by atoms with Gasteiger partial charge >= 0.3 is 5.97 Å². The van der Waals surface area contributed by atoms with E-state index < -0.39 is 12.1 Å². The molecule has 2 unspecified atom stereocenters. The maximum Gasteiger partial charge on any atom is 0.305 e. The fourth-order valence-electron chi connectivity index (χ4n) is 7.39. The molecule has 0 aromatic rings. The molecule has 0 saturated carbocycles. The van der Waals surface area contributed by atoms with Crippen molar-refractivity contribution in [2.24, 2.45) is 0 Å². The number of nitrogens with one attached hydrogen (secondary N) is 1. The lowest BCUT2D eigenvalue weighted by Gasteiger charge is -2.20. The zero-order chi connectivity index (χ0) is 40.8. The first-order valence-electron chi connectivity index (χ1n) is 24.6. The molecule has 0 bridgehead atoms. The topological polar surface area (TPSA) is 95.9 Å². The highest BCUT2D eigenvalue weighted by Crippen LogP contribution is 2.15. The minimum Gasteiger partial charge on any atom is -0.466 e. The fourth-order valence-corrected chi connectivity index (χ4v) is 7.39. The molecule has 0 spiro atoms. The third kappa shape index (κ3) is 42.0. The molecule has 0 heterocycles. The van der Waals surface area contributed by atoms with Crippen molar-refractivity contribution in [1.82, 2.24) is 5.32 Å². The Bertz CT molecular complexity index is 874. The molecule has 0 aromatic carbocycles. The molecule has 0 radical (unpaired) electrons. The molecule has 0 aliphatic rings. The predicted octanol–water partition coefficient (Wildman–Crippen LogP) is 14.3. The van der Waals surface area contributed by atoms with Crippen LogP contribution < -0.4 is 5.32 Å². The minimum absolute atomic E-state index is 0.0307. The van der Waals surface area contributed by atoms with Gasteiger partial charge in [0, 0.05) is 12.8 Å². The second-order valence-electron chi connectivity index (χ2n) is 16.8. The number of hydrogen-bond donors (Lipinski definition) is 3. The molecular formula is C50H95NO5. The highest BCUT2D eigenvalue weighted by atomic mass is 16.5. The van der Waals surface area contributed by atoms with E-state index in [1.807, 2.05) is 6.08 Å². The van der Waals surface area contributed by atoms with Gasteiger partial charge in [0.1, 0.15) is 0 Å². The lowest BCUT2D eigenvalue weighted by Crippen LogP contribution is -2.45. The van der Waals surface area contributed by atoms with Crippen LogP contribution in [-0.4, -0.2) is 47.4 Å². The molecular weight excluding hydrogens is 695 g/mol. The number of hydrogen-bond acceptors (Lipinski definition) is 5. The number of amides is 1. The summed E-state index contributed by atoms with van der Waals surface area (Å²) in [5.74, 6) is -0.128. The summed E-state index contributed by atoms with van der Waals surface area (Å²) in [5, 5.41) is 23.0. The van der Waals surface area contributed by atoms with Crippen molar-refractivity contribution in [1.29, 1.82) is 0 Å². The number of ether oxygens (including phenoxy) is 1. The first-order chi connectivity index (χ1) is 27.5. The molecule has 0 aliphatic heterocycles. The lowest BCUT2D eigenvalue weighted by atomic mass is 10.0. The molecule has 6 heteroatoms. The SMILES string of the molecule is CCCCCCCCCCCCC/C=C/C(O)C(CO)NC(=O)CCCCCCC/C=C\CCCCOC(=O)CCCCCCCCCCCCCCCCC. The Kier molecular flexibility index (Phi) is 44.7. The number of unbranched alkanes of at least 4 members (excludes halogenated alkanes) is 32. The largest absolute Gasteiger partial charge is 0.466 e. The van der Waals surface area contributed by atoms with Gasteiger partial charge in [-0.3, -0.25) is 9.59 Å². The van der Waals surface area contributed by atoms with Crippen molar-refractivity contribution in [2.75, 3.05) is 13.2 Å². The molecule has 0 fully saturated rings. The van der Waals surface area contributed by atoms with Gasteiger partial charge in [0.05, 0.1) is 25.4 Å². The number of rotatable bonds is 45. The maximum absolute atomic E-state index is 12.4. The first kappa shape index (κ1) is 54.3. The van der Waals surface area contributed by atoms with E-state index in [1.54, 1.807) is 6.08 Å². The Morgan fingerprint density at radius 2 is 0.839 bits per heavy atom. The highest BCUT2D eigenvalue weighted by Gasteiger charge is 2.18. The van der Waals surface area contributed by atoms with Gasteiger partial charge < -0.3 is 20.3 Å². The summed E-state index contributed by atoms with van der Waals surface area (Å²) >= 11 is 0. The molecule has 56 heavy (non-hydrogen) atoms. The lowest BCUT2D eigenvalue weighted by molar-refractivity contribution is -0.143. The predicted molar refractivity (Wildman–Crippen MR) is 241 cm³/mol. The van der Waals surface area contributed by atoms with Gasteiger partial charge in [-0.05, 0) is 57.8 Å². The molecule has 0 aliphatic carbocycles. The molecule has 0 rings (SSSR count). The van der Waals surface area contributed by atoms with Crippen LogP contribution in [-0.2, 0) is 14.3 Å². The van der Waals surface area contributed by atoms with Crippen LogP contribution in [0.5, 0.6) is 0 Å². The van der Waals surface area contributed by atoms with E-state index in [0.29, 0.717) is 19.4 Å². The van der Waals surface area contributed by atoms with E-state index in [-0.39, 0.29) is 18.5 Å². The van der Waals surface area contributed by atoms with Gasteiger partial charge in [-0.2, -0.15) is 0 Å². The Balaban J connectivity index is 3.54. The quantitative estimate of drug-likeness (QED) is 0.0324. The molecule has 1 amide bonds. The molecule has 0 saturated heterocycles. The number of aliphatic hydroxyl groups excluding tert-OH is 2. The van der Waals surface area contributed by atoms with E-state index in [9.17, 15) is 19.8 Å². The van der Waals surface area contributed by atoms with Crippen LogP contribution in [0.2, 0.25) is 0 Å². The monoisotopic (exact) mass is 790 g/mol. The second kappa shape index (κ2) is 46.0. The van der Waals surface area contributed by atoms with Gasteiger partial charge in [-0.25, -0.2) is 0 Å². The van der Waals surface area contributed by atoms with Crippen molar-refractivity contribution < 1.29 is 24.5 Å². The summed E-state index contributed by atoms with van der Waals surface area (Å²) in [4.78, 5) is 24.4. The van der Waals surface area contributed by atoms with Crippen molar-refractivity contribution >= 4 is 11.9 Å². The summed E-state index contributed by atoms with van der Waals surface area (Å²) in [6, 6.07) is -0.647. The zero-order valence-electron chi connectivity index (χ0n) is 37.4. The average Bonchev–Trinajstić information content (AvgIpc) is 3.20. The zero-order valence-corrected chi connectivity index (χ0v) is 37.4. The average molecular weight is 790 g/mol. The van der Waals surface area contributed by atoms with E-state index >= 15 is 0 Å². The maximum atomic E-state index is 12.4. The van der Waals surface area contributed by atoms with Gasteiger partial charge in [0.25, 0.3) is 0 Å². The Morgan fingerprint density at radius 1 is 0.482 bits per heavy atom. The van der Waals surface area contributed by atoms with Gasteiger partial charge in [-0.1, -0.05) is 212 Å². The third-order valence-electron chi connectivity index (χ3n) is 11.2. The Labute approximate surface area is 348 Å². The van der Waals surface area contributed by atoms with Crippen LogP contribution in [0.3, 0.4) is 0 Å². The molecule has 330 valence electrons. The highest BCUT2D eigenvalue weighted by molar-refractivity contribution is 5.76. The van der Waals surface area contributed by atoms with E-state index in [4.69, 9.17) is 4.74 Å². The van der Waals surface area contributed by atoms with Crippen LogP contribution in [0.15, 0.2) is 24.3 Å². The first-order valence-corrected chi connectivity index (χ1v) is 24.6. The third-order valence-corrected chi connectivity index (χ3v) is 11.2. The number of esters is 1. The van der Waals surface area contributed by atoms with Crippen LogP contribution in [0.25, 0.3) is 0 Å². The van der Waals surface area contributed by atoms with Gasteiger partial charge in [0.2, 0.25) is 5.91 Å². The Hall–Kier alpha value is -1.66. The number of aliphatic hydroxyl groups is 2. The van der Waals surface area contributed by atoms with Gasteiger partial charge in [0.15, 0.2) is 0 Å². The smallest absolute Gasteiger partial charge is 0.305 e. The molecule has 6 nitrogen and oxygen atoms in total. The fraction of sp³-hybridized carbons (Fsp3) is 0.880. The van der Waals surface area contributed by atoms with E-state index in [2.05, 4.69) is 31.3 Å². The van der Waals surface area contributed by atoms with E-state index in [1.165, 1.54) is 148 Å². The van der Waals surface area contributed by atoms with Crippen molar-refractivity contribution in [3.63, 3.8) is 0 Å². The normalized spacial score (nSPS) is 12.9. The van der Waals surface area contributed by atoms with Crippen molar-refractivity contribution in [3.8, 4) is 0 Å². The van der Waals surface area contributed by atoms with Crippen LogP contribution in [0, 0.1) is 0 Å². The van der Waals surface area contributed by atoms with Crippen LogP contribution >= 0.6 is 0 Å². The number of carbonyl (C=O) groups excluding carboxylic acids is 2. The number of allylic oxidation sites excluding steroid dienone is 3. The van der Waals surface area contributed by atoms with Crippen LogP contribution in [0.1, 0.15) is 258 Å². The summed E-state index contributed by atoms with van der Waals surface area (Å²) in [5.41, 5.74) is 0. The standard InChI is InChI=1S/C50H95NO5/c1-3-5-7-9-11-13-15-17-18-20-24-28-32-36-40-44-50(55)56-45-41-37-33-29-25-21-23-27-31-35-39-43-49(54)51-47(46-52)48(53)42-38-34-30-26-22-19-16-14-12-10-8-6-4-2/h25,29,38,42,47-48,52-53H,3-24,26-28,30-37,39-41,43-46H2,1-2H3,(H,51,54)/b29-25-,42-38+. The summed E-state index contributed by atoms with van der Waals surface area (Å²) in [6.45, 7) is 4.82. The summed E-state index contributed by atoms with van der Waals surface area (Å²) in [6.07, 6.45) is 53.2. The molecule has 2 atom stereocenters. The van der Waals surface area contributed by atoms with Crippen molar-refractivity contribution in [2.45, 2.75) is 270 Å². The molecule has 0 aromatic heterocycles. The minimum atomic E-state index is -0.860. The Morgan fingerprint density at radius 3 is 1.27 bits per heavy atom. The number of carbonyl (C=O) groups is 2. The van der Waals surface area contributed by atoms with Crippen LogP contribution in [0.4, 0.5) is 0 Å². The van der Waals surface area contributed by atoms with Gasteiger partial charge in [-0.15, -0.1) is 0 Å². The van der Waals surface area contributed by atoms with Crippen molar-refractivity contribution in [3.05, 3.63) is 24.3 Å². The summed E-state index contributed by atoms with van der Waals surface area (Å²) < 4.78 is 5.43.